The van der Waals surface area contributed by atoms with E-state index in [2.05, 4.69) is 15.9 Å². The number of hydrogen-bond acceptors (Lipinski definition) is 1. The van der Waals surface area contributed by atoms with Crippen LogP contribution in [0, 0.1) is 11.6 Å². The second-order valence-electron chi connectivity index (χ2n) is 4.43. The Hall–Kier alpha value is -1.26. The first-order valence-corrected chi connectivity index (χ1v) is 6.70. The molecule has 0 radical (unpaired) electrons. The Labute approximate surface area is 119 Å². The maximum Gasteiger partial charge on any atom is 0.123 e. The fraction of sp³-hybridized carbons (Fsp3) is 0.200. The molecule has 0 aromatic heterocycles. The van der Waals surface area contributed by atoms with Crippen molar-refractivity contribution in [2.45, 2.75) is 18.9 Å². The summed E-state index contributed by atoms with van der Waals surface area (Å²) in [6.07, 6.45) is -0.0323. The van der Waals surface area contributed by atoms with E-state index < -0.39 is 6.10 Å². The van der Waals surface area contributed by atoms with Crippen molar-refractivity contribution in [3.8, 4) is 0 Å². The number of rotatable bonds is 4. The monoisotopic (exact) mass is 326 g/mol. The van der Waals surface area contributed by atoms with Crippen LogP contribution in [0.15, 0.2) is 46.9 Å². The highest BCUT2D eigenvalue weighted by molar-refractivity contribution is 9.10. The third-order valence-electron chi connectivity index (χ3n) is 2.82. The molecule has 0 saturated heterocycles. The molecule has 2 rings (SSSR count). The smallest absolute Gasteiger partial charge is 0.123 e. The molecule has 1 atom stereocenters. The van der Waals surface area contributed by atoms with Crippen molar-refractivity contribution in [3.63, 3.8) is 0 Å². The van der Waals surface area contributed by atoms with Gasteiger partial charge in [0.25, 0.3) is 0 Å². The average molecular weight is 327 g/mol. The van der Waals surface area contributed by atoms with Gasteiger partial charge in [-0.2, -0.15) is 0 Å². The summed E-state index contributed by atoms with van der Waals surface area (Å²) >= 11 is 3.32. The van der Waals surface area contributed by atoms with Crippen LogP contribution in [-0.4, -0.2) is 11.2 Å². The summed E-state index contributed by atoms with van der Waals surface area (Å²) in [7, 11) is 0. The van der Waals surface area contributed by atoms with E-state index in [-0.39, 0.29) is 11.6 Å². The van der Waals surface area contributed by atoms with Crippen LogP contribution in [0.4, 0.5) is 8.78 Å². The van der Waals surface area contributed by atoms with E-state index in [4.69, 9.17) is 0 Å². The summed E-state index contributed by atoms with van der Waals surface area (Å²) in [6.45, 7) is 0. The molecule has 1 nitrogen and oxygen atoms in total. The Bertz CT molecular complexity index is 572. The Balaban J connectivity index is 2.05. The Kier molecular flexibility index (Phi) is 4.66. The lowest BCUT2D eigenvalue weighted by molar-refractivity contribution is 0.175. The van der Waals surface area contributed by atoms with E-state index in [1.54, 1.807) is 18.2 Å². The first kappa shape index (κ1) is 14.2. The Morgan fingerprint density at radius 2 is 1.74 bits per heavy atom. The van der Waals surface area contributed by atoms with Crippen LogP contribution in [0.25, 0.3) is 0 Å². The van der Waals surface area contributed by atoms with Gasteiger partial charge in [0, 0.05) is 4.47 Å². The van der Waals surface area contributed by atoms with Crippen molar-refractivity contribution in [1.29, 1.82) is 0 Å². The van der Waals surface area contributed by atoms with Gasteiger partial charge < -0.3 is 5.11 Å². The molecule has 0 aliphatic carbocycles. The highest BCUT2D eigenvalue weighted by Gasteiger charge is 2.10. The Morgan fingerprint density at radius 3 is 2.47 bits per heavy atom. The molecule has 19 heavy (non-hydrogen) atoms. The van der Waals surface area contributed by atoms with Crippen molar-refractivity contribution in [1.82, 2.24) is 0 Å². The zero-order chi connectivity index (χ0) is 13.8. The molecule has 100 valence electrons. The highest BCUT2D eigenvalue weighted by atomic mass is 79.9. The van der Waals surface area contributed by atoms with E-state index in [1.807, 2.05) is 0 Å². The van der Waals surface area contributed by atoms with E-state index in [1.165, 1.54) is 24.3 Å². The van der Waals surface area contributed by atoms with Crippen LogP contribution in [0.5, 0.6) is 0 Å². The largest absolute Gasteiger partial charge is 0.392 e. The lowest BCUT2D eigenvalue weighted by Gasteiger charge is -2.12. The summed E-state index contributed by atoms with van der Waals surface area (Å²) in [5.74, 6) is -0.659. The zero-order valence-electron chi connectivity index (χ0n) is 10.1. The molecular weight excluding hydrogens is 314 g/mol. The molecule has 0 bridgehead atoms. The maximum atomic E-state index is 13.1. The predicted molar refractivity (Wildman–Crippen MR) is 73.9 cm³/mol. The predicted octanol–water partition coefficient (Wildman–Crippen LogP) is 3.87. The van der Waals surface area contributed by atoms with Gasteiger partial charge in [0.15, 0.2) is 0 Å². The fourth-order valence-corrected chi connectivity index (χ4v) is 2.37. The van der Waals surface area contributed by atoms with Crippen molar-refractivity contribution in [2.24, 2.45) is 0 Å². The van der Waals surface area contributed by atoms with Crippen molar-refractivity contribution >= 4 is 15.9 Å². The third-order valence-corrected chi connectivity index (χ3v) is 3.60. The second kappa shape index (κ2) is 6.26. The zero-order valence-corrected chi connectivity index (χ0v) is 11.7. The van der Waals surface area contributed by atoms with Gasteiger partial charge in [-0.3, -0.25) is 0 Å². The van der Waals surface area contributed by atoms with Gasteiger partial charge in [-0.25, -0.2) is 8.78 Å². The van der Waals surface area contributed by atoms with Gasteiger partial charge in [0.05, 0.1) is 6.10 Å². The molecule has 0 saturated carbocycles. The van der Waals surface area contributed by atoms with E-state index in [0.717, 1.165) is 10.0 Å². The summed E-state index contributed by atoms with van der Waals surface area (Å²) in [5, 5.41) is 10.00. The molecule has 4 heteroatoms. The molecular formula is C15H13BrF2O. The van der Waals surface area contributed by atoms with Crippen LogP contribution in [0.3, 0.4) is 0 Å². The standard InChI is InChI=1S/C15H13BrF2O/c16-15-5-4-13(18)8-11(15)9-14(19)7-10-2-1-3-12(17)6-10/h1-6,8,14,19H,7,9H2. The van der Waals surface area contributed by atoms with Gasteiger partial charge in [-0.15, -0.1) is 0 Å². The molecule has 2 aromatic carbocycles. The van der Waals surface area contributed by atoms with Gasteiger partial charge >= 0.3 is 0 Å². The first-order chi connectivity index (χ1) is 9.04. The number of benzene rings is 2. The van der Waals surface area contributed by atoms with Crippen LogP contribution < -0.4 is 0 Å². The molecule has 0 aliphatic rings. The molecule has 0 fully saturated rings. The maximum absolute atomic E-state index is 13.1. The molecule has 0 heterocycles. The second-order valence-corrected chi connectivity index (χ2v) is 5.28. The molecule has 1 N–H and O–H groups in total. The van der Waals surface area contributed by atoms with Crippen LogP contribution in [0.1, 0.15) is 11.1 Å². The highest BCUT2D eigenvalue weighted by Crippen LogP contribution is 2.20. The minimum atomic E-state index is -0.681. The van der Waals surface area contributed by atoms with Crippen LogP contribution in [-0.2, 0) is 12.8 Å². The van der Waals surface area contributed by atoms with Crippen molar-refractivity contribution < 1.29 is 13.9 Å². The van der Waals surface area contributed by atoms with Crippen molar-refractivity contribution in [2.75, 3.05) is 0 Å². The van der Waals surface area contributed by atoms with Gasteiger partial charge in [0.1, 0.15) is 11.6 Å². The number of halogens is 3. The van der Waals surface area contributed by atoms with Crippen LogP contribution in [0.2, 0.25) is 0 Å². The molecule has 1 unspecified atom stereocenters. The van der Waals surface area contributed by atoms with Gasteiger partial charge in [-0.1, -0.05) is 28.1 Å². The molecule has 2 aromatic rings. The van der Waals surface area contributed by atoms with Gasteiger partial charge in [-0.05, 0) is 54.3 Å². The molecule has 0 amide bonds. The fourth-order valence-electron chi connectivity index (χ4n) is 1.96. The Morgan fingerprint density at radius 1 is 1.00 bits per heavy atom. The van der Waals surface area contributed by atoms with E-state index >= 15 is 0 Å². The molecule has 0 spiro atoms. The number of aliphatic hydroxyl groups excluding tert-OH is 1. The SMILES string of the molecule is OC(Cc1cccc(F)c1)Cc1cc(F)ccc1Br. The lowest BCUT2D eigenvalue weighted by atomic mass is 10.0. The summed E-state index contributed by atoms with van der Waals surface area (Å²) in [6, 6.07) is 10.5. The topological polar surface area (TPSA) is 20.2 Å². The number of hydrogen-bond donors (Lipinski definition) is 1. The minimum absolute atomic E-state index is 0.314. The minimum Gasteiger partial charge on any atom is -0.392 e. The van der Waals surface area contributed by atoms with Gasteiger partial charge in [0.2, 0.25) is 0 Å². The van der Waals surface area contributed by atoms with E-state index in [0.29, 0.717) is 18.4 Å². The summed E-state index contributed by atoms with van der Waals surface area (Å²) < 4.78 is 26.9. The summed E-state index contributed by atoms with van der Waals surface area (Å²) in [4.78, 5) is 0. The normalized spacial score (nSPS) is 12.4. The van der Waals surface area contributed by atoms with Crippen molar-refractivity contribution in [3.05, 3.63) is 69.7 Å². The van der Waals surface area contributed by atoms with Crippen LogP contribution >= 0.6 is 15.9 Å². The number of aliphatic hydroxyl groups is 1. The average Bonchev–Trinajstić information content (AvgIpc) is 2.34. The summed E-state index contributed by atoms with van der Waals surface area (Å²) in [5.41, 5.74) is 1.42. The first-order valence-electron chi connectivity index (χ1n) is 5.91. The third kappa shape index (κ3) is 4.11. The molecule has 0 aliphatic heterocycles. The quantitative estimate of drug-likeness (QED) is 0.904. The van der Waals surface area contributed by atoms with E-state index in [9.17, 15) is 13.9 Å². The lowest BCUT2D eigenvalue weighted by Crippen LogP contribution is -2.14.